The van der Waals surface area contributed by atoms with Crippen LogP contribution in [0.1, 0.15) is 13.8 Å². The van der Waals surface area contributed by atoms with Crippen molar-refractivity contribution in [3.63, 3.8) is 0 Å². The van der Waals surface area contributed by atoms with Gasteiger partial charge in [0.1, 0.15) is 13.2 Å². The molecular weight excluding hydrogens is 352 g/mol. The van der Waals surface area contributed by atoms with Crippen LogP contribution in [0.2, 0.25) is 0 Å². The Kier molecular flexibility index (Phi) is 15.8. The minimum absolute atomic E-state index is 0.472. The van der Waals surface area contributed by atoms with Crippen LogP contribution in [0.15, 0.2) is 24.3 Å². The third kappa shape index (κ3) is 13.4. The highest BCUT2D eigenvalue weighted by Crippen LogP contribution is 2.26. The van der Waals surface area contributed by atoms with Gasteiger partial charge in [-0.15, -0.1) is 0 Å². The number of benzene rings is 1. The average Bonchev–Trinajstić information content (AvgIpc) is 2.69. The Hall–Kier alpha value is -1.38. The van der Waals surface area contributed by atoms with E-state index in [1.807, 2.05) is 38.1 Å². The van der Waals surface area contributed by atoms with E-state index in [0.29, 0.717) is 77.6 Å². The second-order valence-corrected chi connectivity index (χ2v) is 5.37. The summed E-state index contributed by atoms with van der Waals surface area (Å²) in [5, 5.41) is 0. The monoisotopic (exact) mass is 386 g/mol. The van der Waals surface area contributed by atoms with E-state index < -0.39 is 0 Å². The van der Waals surface area contributed by atoms with E-state index in [2.05, 4.69) is 0 Å². The molecule has 1 aliphatic heterocycles. The van der Waals surface area contributed by atoms with Crippen LogP contribution in [0, 0.1) is 0 Å². The van der Waals surface area contributed by atoms with Crippen LogP contribution in [0.25, 0.3) is 0 Å². The summed E-state index contributed by atoms with van der Waals surface area (Å²) in [7, 11) is 0. The molecule has 2 rings (SSSR count). The Morgan fingerprint density at radius 3 is 1.22 bits per heavy atom. The molecule has 0 spiro atoms. The number of hydrogen-bond donors (Lipinski definition) is 0. The van der Waals surface area contributed by atoms with Crippen molar-refractivity contribution in [1.29, 1.82) is 0 Å². The van der Waals surface area contributed by atoms with Gasteiger partial charge < -0.3 is 33.2 Å². The van der Waals surface area contributed by atoms with Crippen molar-refractivity contribution in [2.75, 3.05) is 79.3 Å². The highest BCUT2D eigenvalue weighted by Gasteiger charge is 2.04. The van der Waals surface area contributed by atoms with Crippen molar-refractivity contribution in [2.45, 2.75) is 13.8 Å². The number of hydrogen-bond acceptors (Lipinski definition) is 7. The minimum Gasteiger partial charge on any atom is -0.487 e. The molecule has 1 heterocycles. The Labute approximate surface area is 162 Å². The van der Waals surface area contributed by atoms with Crippen molar-refractivity contribution in [2.24, 2.45) is 0 Å². The van der Waals surface area contributed by atoms with Gasteiger partial charge in [0.2, 0.25) is 0 Å². The molecule has 0 aliphatic carbocycles. The third-order valence-electron chi connectivity index (χ3n) is 3.34. The summed E-state index contributed by atoms with van der Waals surface area (Å²) in [5.74, 6) is 1.43. The molecule has 0 aromatic heterocycles. The first-order valence-corrected chi connectivity index (χ1v) is 9.61. The maximum absolute atomic E-state index is 5.68. The molecule has 0 amide bonds. The standard InChI is InChI=1S/C16H24O6.C4H10O/c1-2-4-16-15(3-1)21-13-11-19-9-7-17-5-6-18-8-10-20-12-14-22-16;1-3-5-4-2/h1-4H,5-14H2;3-4H2,1-2H3. The lowest BCUT2D eigenvalue weighted by molar-refractivity contribution is -0.00841. The van der Waals surface area contributed by atoms with Crippen LogP contribution in [0.4, 0.5) is 0 Å². The normalized spacial score (nSPS) is 17.7. The van der Waals surface area contributed by atoms with Gasteiger partial charge in [0, 0.05) is 13.2 Å². The summed E-state index contributed by atoms with van der Waals surface area (Å²) in [6, 6.07) is 7.59. The van der Waals surface area contributed by atoms with Gasteiger partial charge in [-0.2, -0.15) is 0 Å². The third-order valence-corrected chi connectivity index (χ3v) is 3.34. The molecule has 0 N–H and O–H groups in total. The maximum atomic E-state index is 5.68. The Balaban J connectivity index is 0.000000646. The fourth-order valence-corrected chi connectivity index (χ4v) is 2.08. The molecule has 0 atom stereocenters. The molecule has 1 aromatic rings. The Bertz CT molecular complexity index is 403. The van der Waals surface area contributed by atoms with Crippen LogP contribution in [-0.2, 0) is 23.7 Å². The first-order chi connectivity index (χ1) is 13.4. The second kappa shape index (κ2) is 18.0. The van der Waals surface area contributed by atoms with E-state index in [1.165, 1.54) is 0 Å². The summed E-state index contributed by atoms with van der Waals surface area (Å²) in [4.78, 5) is 0. The quantitative estimate of drug-likeness (QED) is 0.774. The zero-order chi connectivity index (χ0) is 19.4. The molecular formula is C20H34O7. The summed E-state index contributed by atoms with van der Waals surface area (Å²) >= 11 is 0. The predicted molar refractivity (Wildman–Crippen MR) is 103 cm³/mol. The van der Waals surface area contributed by atoms with E-state index in [-0.39, 0.29) is 0 Å². The van der Waals surface area contributed by atoms with Gasteiger partial charge in [0.15, 0.2) is 11.5 Å². The molecule has 0 saturated heterocycles. The smallest absolute Gasteiger partial charge is 0.161 e. The van der Waals surface area contributed by atoms with Gasteiger partial charge in [-0.3, -0.25) is 0 Å². The van der Waals surface area contributed by atoms with Crippen molar-refractivity contribution in [3.05, 3.63) is 24.3 Å². The maximum Gasteiger partial charge on any atom is 0.161 e. The van der Waals surface area contributed by atoms with Crippen LogP contribution in [-0.4, -0.2) is 79.3 Å². The highest BCUT2D eigenvalue weighted by atomic mass is 16.6. The molecule has 1 aliphatic rings. The lowest BCUT2D eigenvalue weighted by Crippen LogP contribution is -2.15. The Morgan fingerprint density at radius 1 is 0.593 bits per heavy atom. The SMILES string of the molecule is CCOCC.c1ccc2c(c1)OCCOCCOCCOCCOCCO2. The zero-order valence-electron chi connectivity index (χ0n) is 16.7. The van der Waals surface area contributed by atoms with Crippen molar-refractivity contribution >= 4 is 0 Å². The topological polar surface area (TPSA) is 64.6 Å². The molecule has 0 saturated carbocycles. The summed E-state index contributed by atoms with van der Waals surface area (Å²) in [6.07, 6.45) is 0. The van der Waals surface area contributed by atoms with Crippen molar-refractivity contribution in [1.82, 2.24) is 0 Å². The number of fused-ring (bicyclic) bond motifs is 1. The van der Waals surface area contributed by atoms with Crippen LogP contribution in [0.5, 0.6) is 11.5 Å². The average molecular weight is 386 g/mol. The fraction of sp³-hybridized carbons (Fsp3) is 0.700. The second-order valence-electron chi connectivity index (χ2n) is 5.37. The van der Waals surface area contributed by atoms with Gasteiger partial charge in [-0.25, -0.2) is 0 Å². The number of ether oxygens (including phenoxy) is 7. The van der Waals surface area contributed by atoms with Gasteiger partial charge in [-0.05, 0) is 26.0 Å². The predicted octanol–water partition coefficient (Wildman–Crippen LogP) is 2.57. The molecule has 7 heteroatoms. The molecule has 1 aromatic carbocycles. The van der Waals surface area contributed by atoms with E-state index in [1.54, 1.807) is 0 Å². The summed E-state index contributed by atoms with van der Waals surface area (Å²) < 4.78 is 37.8. The summed E-state index contributed by atoms with van der Waals surface area (Å²) in [6.45, 7) is 11.0. The molecule has 0 bridgehead atoms. The Morgan fingerprint density at radius 2 is 0.926 bits per heavy atom. The van der Waals surface area contributed by atoms with E-state index in [0.717, 1.165) is 13.2 Å². The highest BCUT2D eigenvalue weighted by molar-refractivity contribution is 5.39. The number of rotatable bonds is 2. The molecule has 0 unspecified atom stereocenters. The molecule has 7 nitrogen and oxygen atoms in total. The zero-order valence-corrected chi connectivity index (χ0v) is 16.7. The molecule has 27 heavy (non-hydrogen) atoms. The van der Waals surface area contributed by atoms with E-state index >= 15 is 0 Å². The van der Waals surface area contributed by atoms with E-state index in [4.69, 9.17) is 33.2 Å². The van der Waals surface area contributed by atoms with Gasteiger partial charge in [0.25, 0.3) is 0 Å². The minimum atomic E-state index is 0.472. The molecule has 0 fully saturated rings. The van der Waals surface area contributed by atoms with Gasteiger partial charge >= 0.3 is 0 Å². The van der Waals surface area contributed by atoms with Crippen LogP contribution >= 0.6 is 0 Å². The number of para-hydroxylation sites is 2. The first-order valence-electron chi connectivity index (χ1n) is 9.61. The lowest BCUT2D eigenvalue weighted by Gasteiger charge is -2.13. The first kappa shape index (κ1) is 23.7. The fourth-order valence-electron chi connectivity index (χ4n) is 2.08. The van der Waals surface area contributed by atoms with Crippen LogP contribution in [0.3, 0.4) is 0 Å². The summed E-state index contributed by atoms with van der Waals surface area (Å²) in [5.41, 5.74) is 0. The lowest BCUT2D eigenvalue weighted by atomic mass is 10.3. The molecule has 156 valence electrons. The van der Waals surface area contributed by atoms with Gasteiger partial charge in [-0.1, -0.05) is 12.1 Å². The van der Waals surface area contributed by atoms with Gasteiger partial charge in [0.05, 0.1) is 52.9 Å². The van der Waals surface area contributed by atoms with Crippen LogP contribution < -0.4 is 9.47 Å². The van der Waals surface area contributed by atoms with E-state index in [9.17, 15) is 0 Å². The largest absolute Gasteiger partial charge is 0.487 e. The molecule has 0 radical (unpaired) electrons. The van der Waals surface area contributed by atoms with Crippen molar-refractivity contribution in [3.8, 4) is 11.5 Å². The van der Waals surface area contributed by atoms with Crippen molar-refractivity contribution < 1.29 is 33.2 Å².